The third kappa shape index (κ3) is 2.27. The summed E-state index contributed by atoms with van der Waals surface area (Å²) in [6, 6.07) is 1.60. The smallest absolute Gasteiger partial charge is 0.223 e. The van der Waals surface area contributed by atoms with E-state index in [1.807, 2.05) is 0 Å². The molecule has 1 saturated carbocycles. The van der Waals surface area contributed by atoms with Crippen molar-refractivity contribution in [1.82, 2.24) is 9.97 Å². The summed E-state index contributed by atoms with van der Waals surface area (Å²) >= 11 is 0. The maximum absolute atomic E-state index is 9.84. The van der Waals surface area contributed by atoms with Crippen LogP contribution in [0.25, 0.3) is 0 Å². The Kier molecular flexibility index (Phi) is 2.36. The summed E-state index contributed by atoms with van der Waals surface area (Å²) in [5.74, 6) is 1.02. The fourth-order valence-electron chi connectivity index (χ4n) is 1.59. The standard InChI is InChI=1S/C9H15N5O/c10-6-4-7(14-8(11)13-6)12-5-9(15)2-1-3-9/h4,15H,1-3,5H2,(H5,10,11,12,13,14). The first-order valence-electron chi connectivity index (χ1n) is 4.94. The molecule has 6 N–H and O–H groups in total. The van der Waals surface area contributed by atoms with Gasteiger partial charge in [0, 0.05) is 12.6 Å². The number of anilines is 3. The van der Waals surface area contributed by atoms with Gasteiger partial charge in [0.25, 0.3) is 0 Å². The van der Waals surface area contributed by atoms with Crippen molar-refractivity contribution in [3.05, 3.63) is 6.07 Å². The number of rotatable bonds is 3. The average Bonchev–Trinajstić information content (AvgIpc) is 2.10. The zero-order valence-corrected chi connectivity index (χ0v) is 8.40. The van der Waals surface area contributed by atoms with E-state index in [0.717, 1.165) is 19.3 Å². The Morgan fingerprint density at radius 1 is 1.40 bits per heavy atom. The van der Waals surface area contributed by atoms with Crippen molar-refractivity contribution in [1.29, 1.82) is 0 Å². The van der Waals surface area contributed by atoms with E-state index in [1.54, 1.807) is 6.07 Å². The van der Waals surface area contributed by atoms with Crippen molar-refractivity contribution in [2.24, 2.45) is 0 Å². The first-order chi connectivity index (χ1) is 7.07. The van der Waals surface area contributed by atoms with Crippen molar-refractivity contribution in [3.8, 4) is 0 Å². The third-order valence-electron chi connectivity index (χ3n) is 2.65. The lowest BCUT2D eigenvalue weighted by atomic mass is 9.80. The second-order valence-electron chi connectivity index (χ2n) is 3.97. The van der Waals surface area contributed by atoms with E-state index in [2.05, 4.69) is 15.3 Å². The van der Waals surface area contributed by atoms with Gasteiger partial charge in [-0.2, -0.15) is 9.97 Å². The van der Waals surface area contributed by atoms with Crippen LogP contribution in [0.4, 0.5) is 17.6 Å². The topological polar surface area (TPSA) is 110 Å². The van der Waals surface area contributed by atoms with Crippen LogP contribution in [-0.2, 0) is 0 Å². The van der Waals surface area contributed by atoms with E-state index in [4.69, 9.17) is 11.5 Å². The van der Waals surface area contributed by atoms with Gasteiger partial charge in [-0.1, -0.05) is 0 Å². The number of nitrogens with one attached hydrogen (secondary N) is 1. The second-order valence-corrected chi connectivity index (χ2v) is 3.97. The molecule has 6 nitrogen and oxygen atoms in total. The van der Waals surface area contributed by atoms with Crippen LogP contribution in [-0.4, -0.2) is 27.2 Å². The normalized spacial score (nSPS) is 18.2. The van der Waals surface area contributed by atoms with Crippen molar-refractivity contribution < 1.29 is 5.11 Å². The predicted molar refractivity (Wildman–Crippen MR) is 58.1 cm³/mol. The molecule has 0 bridgehead atoms. The molecule has 1 heterocycles. The molecule has 0 saturated heterocycles. The van der Waals surface area contributed by atoms with Gasteiger partial charge < -0.3 is 21.9 Å². The van der Waals surface area contributed by atoms with Crippen LogP contribution in [0.2, 0.25) is 0 Å². The van der Waals surface area contributed by atoms with Gasteiger partial charge >= 0.3 is 0 Å². The van der Waals surface area contributed by atoms with E-state index in [9.17, 15) is 5.11 Å². The molecule has 0 unspecified atom stereocenters. The van der Waals surface area contributed by atoms with Crippen LogP contribution in [0.3, 0.4) is 0 Å². The van der Waals surface area contributed by atoms with Crippen molar-refractivity contribution >= 4 is 17.6 Å². The van der Waals surface area contributed by atoms with Gasteiger partial charge in [0.1, 0.15) is 11.6 Å². The largest absolute Gasteiger partial charge is 0.388 e. The molecule has 1 fully saturated rings. The Bertz CT molecular complexity index is 343. The van der Waals surface area contributed by atoms with Crippen molar-refractivity contribution in [3.63, 3.8) is 0 Å². The molecule has 0 atom stereocenters. The van der Waals surface area contributed by atoms with E-state index in [1.165, 1.54) is 0 Å². The first kappa shape index (κ1) is 9.97. The van der Waals surface area contributed by atoms with Gasteiger partial charge in [-0.25, -0.2) is 0 Å². The van der Waals surface area contributed by atoms with E-state index < -0.39 is 5.60 Å². The quantitative estimate of drug-likeness (QED) is 0.556. The Labute approximate surface area is 87.7 Å². The first-order valence-corrected chi connectivity index (χ1v) is 4.94. The molecule has 0 amide bonds. The lowest BCUT2D eigenvalue weighted by Crippen LogP contribution is -2.43. The van der Waals surface area contributed by atoms with Crippen LogP contribution in [0.5, 0.6) is 0 Å². The molecule has 82 valence electrons. The highest BCUT2D eigenvalue weighted by atomic mass is 16.3. The minimum absolute atomic E-state index is 0.137. The third-order valence-corrected chi connectivity index (χ3v) is 2.65. The molecule has 1 aliphatic carbocycles. The van der Waals surface area contributed by atoms with Gasteiger partial charge in [0.15, 0.2) is 0 Å². The molecular formula is C9H15N5O. The van der Waals surface area contributed by atoms with Crippen LogP contribution >= 0.6 is 0 Å². The summed E-state index contributed by atoms with van der Waals surface area (Å²) in [5.41, 5.74) is 10.4. The summed E-state index contributed by atoms with van der Waals surface area (Å²) in [4.78, 5) is 7.71. The lowest BCUT2D eigenvalue weighted by Gasteiger charge is -2.36. The number of nitrogens with zero attached hydrogens (tertiary/aromatic N) is 2. The average molecular weight is 209 g/mol. The zero-order chi connectivity index (χ0) is 10.9. The number of aliphatic hydroxyl groups is 1. The molecule has 15 heavy (non-hydrogen) atoms. The number of nitrogens with two attached hydrogens (primary N) is 2. The molecule has 0 radical (unpaired) electrons. The van der Waals surface area contributed by atoms with Crippen LogP contribution < -0.4 is 16.8 Å². The van der Waals surface area contributed by atoms with E-state index in [-0.39, 0.29) is 5.95 Å². The Morgan fingerprint density at radius 3 is 2.67 bits per heavy atom. The maximum Gasteiger partial charge on any atom is 0.223 e. The number of hydrogen-bond donors (Lipinski definition) is 4. The fraction of sp³-hybridized carbons (Fsp3) is 0.556. The number of hydrogen-bond acceptors (Lipinski definition) is 6. The van der Waals surface area contributed by atoms with Crippen molar-refractivity contribution in [2.75, 3.05) is 23.3 Å². The predicted octanol–water partition coefficient (Wildman–Crippen LogP) is -0.0321. The molecule has 1 aliphatic rings. The molecule has 0 spiro atoms. The van der Waals surface area contributed by atoms with Gasteiger partial charge in [-0.05, 0) is 19.3 Å². The SMILES string of the molecule is Nc1cc(NCC2(O)CCC2)nc(N)n1. The Balaban J connectivity index is 1.98. The maximum atomic E-state index is 9.84. The fourth-order valence-corrected chi connectivity index (χ4v) is 1.59. The van der Waals surface area contributed by atoms with Gasteiger partial charge in [0.2, 0.25) is 5.95 Å². The van der Waals surface area contributed by atoms with Gasteiger partial charge in [0.05, 0.1) is 5.60 Å². The van der Waals surface area contributed by atoms with Gasteiger partial charge in [-0.15, -0.1) is 0 Å². The van der Waals surface area contributed by atoms with E-state index in [0.29, 0.717) is 18.2 Å². The van der Waals surface area contributed by atoms with Crippen LogP contribution in [0.1, 0.15) is 19.3 Å². The van der Waals surface area contributed by atoms with E-state index >= 15 is 0 Å². The summed E-state index contributed by atoms with van der Waals surface area (Å²) in [7, 11) is 0. The lowest BCUT2D eigenvalue weighted by molar-refractivity contribution is -0.0202. The summed E-state index contributed by atoms with van der Waals surface area (Å²) in [6.45, 7) is 0.475. The molecule has 2 rings (SSSR count). The molecule has 0 aliphatic heterocycles. The Hall–Kier alpha value is -1.56. The highest BCUT2D eigenvalue weighted by Gasteiger charge is 2.34. The molecule has 0 aromatic carbocycles. The molecule has 1 aromatic rings. The minimum atomic E-state index is -0.589. The second kappa shape index (κ2) is 3.54. The minimum Gasteiger partial charge on any atom is -0.388 e. The van der Waals surface area contributed by atoms with Crippen molar-refractivity contribution in [2.45, 2.75) is 24.9 Å². The number of nitrogen functional groups attached to an aromatic ring is 2. The summed E-state index contributed by atoms with van der Waals surface area (Å²) < 4.78 is 0. The number of aromatic nitrogens is 2. The Morgan fingerprint density at radius 2 is 2.13 bits per heavy atom. The molecule has 6 heteroatoms. The molecular weight excluding hydrogens is 194 g/mol. The molecule has 1 aromatic heterocycles. The highest BCUT2D eigenvalue weighted by Crippen LogP contribution is 2.31. The summed E-state index contributed by atoms with van der Waals surface area (Å²) in [5, 5.41) is 12.8. The van der Waals surface area contributed by atoms with Crippen LogP contribution in [0.15, 0.2) is 6.07 Å². The highest BCUT2D eigenvalue weighted by molar-refractivity contribution is 5.48. The van der Waals surface area contributed by atoms with Crippen LogP contribution in [0, 0.1) is 0 Å². The summed E-state index contributed by atoms with van der Waals surface area (Å²) in [6.07, 6.45) is 2.73. The zero-order valence-electron chi connectivity index (χ0n) is 8.40. The van der Waals surface area contributed by atoms with Gasteiger partial charge in [-0.3, -0.25) is 0 Å². The monoisotopic (exact) mass is 209 g/mol.